The van der Waals surface area contributed by atoms with Crippen molar-refractivity contribution in [3.05, 3.63) is 42.3 Å². The molecule has 0 radical (unpaired) electrons. The molecule has 0 amide bonds. The minimum atomic E-state index is 0. The average Bonchev–Trinajstić information content (AvgIpc) is 3.50. The topological polar surface area (TPSA) is 71.7 Å². The second-order valence-corrected chi connectivity index (χ2v) is 8.51. The smallest absolute Gasteiger partial charge is 0.226 e. The molecule has 5 rings (SSSR count). The van der Waals surface area contributed by atoms with Gasteiger partial charge in [0.15, 0.2) is 5.96 Å². The van der Waals surface area contributed by atoms with Gasteiger partial charge in [-0.05, 0) is 38.3 Å². The third-order valence-corrected chi connectivity index (χ3v) is 6.89. The lowest BCUT2D eigenvalue weighted by Crippen LogP contribution is -2.69. The summed E-state index contributed by atoms with van der Waals surface area (Å²) in [6.45, 7) is 4.35. The average molecular weight is 522 g/mol. The lowest BCUT2D eigenvalue weighted by molar-refractivity contribution is -0.125. The Labute approximate surface area is 195 Å². The molecule has 3 fully saturated rings. The number of rotatable bonds is 5. The Bertz CT molecular complexity index is 863. The van der Waals surface area contributed by atoms with Crippen LogP contribution < -0.4 is 10.6 Å². The van der Waals surface area contributed by atoms with Crippen LogP contribution in [0.3, 0.4) is 0 Å². The van der Waals surface area contributed by atoms with Gasteiger partial charge in [0.25, 0.3) is 0 Å². The molecule has 2 aromatic rings. The molecule has 0 bridgehead atoms. The quantitative estimate of drug-likeness (QED) is 0.347. The first-order valence-corrected chi connectivity index (χ1v) is 11.0. The summed E-state index contributed by atoms with van der Waals surface area (Å²) in [6.07, 6.45) is 8.50. The van der Waals surface area contributed by atoms with Gasteiger partial charge < -0.3 is 19.8 Å². The first kappa shape index (κ1) is 21.6. The molecule has 1 aromatic heterocycles. The van der Waals surface area contributed by atoms with Crippen LogP contribution in [0.1, 0.15) is 44.7 Å². The number of oxazole rings is 1. The maximum Gasteiger partial charge on any atom is 0.226 e. The van der Waals surface area contributed by atoms with Crippen LogP contribution in [0.5, 0.6) is 0 Å². The molecular weight excluding hydrogens is 491 g/mol. The van der Waals surface area contributed by atoms with Crippen LogP contribution in [-0.4, -0.2) is 36.2 Å². The zero-order chi connectivity index (χ0) is 19.7. The number of hydrogen-bond donors (Lipinski definition) is 2. The fourth-order valence-corrected chi connectivity index (χ4v) is 5.62. The van der Waals surface area contributed by atoms with E-state index in [9.17, 15) is 0 Å². The highest BCUT2D eigenvalue weighted by atomic mass is 127. The van der Waals surface area contributed by atoms with Crippen molar-refractivity contribution in [2.24, 2.45) is 16.3 Å². The molecule has 3 aliphatic rings. The summed E-state index contributed by atoms with van der Waals surface area (Å²) in [6, 6.07) is 10.4. The van der Waals surface area contributed by atoms with E-state index in [-0.39, 0.29) is 24.0 Å². The first-order valence-electron chi connectivity index (χ1n) is 11.0. The van der Waals surface area contributed by atoms with Crippen molar-refractivity contribution >= 4 is 29.9 Å². The second kappa shape index (κ2) is 9.26. The molecular formula is C23H31IN4O2. The van der Waals surface area contributed by atoms with E-state index in [4.69, 9.17) is 14.1 Å². The van der Waals surface area contributed by atoms with Gasteiger partial charge in [0, 0.05) is 36.1 Å². The standard InChI is InChI=1S/C23H30N4O2.HI/c1-2-24-22(25-14-17-15-29-21(26-17)16-8-4-3-5-9-16)27-19-18-10-13-28-20(18)23(19)11-6-7-12-23;/h3-5,8-9,15,18-20H,2,6-7,10-14H2,1H3,(H2,24,25,27);1H. The zero-order valence-electron chi connectivity index (χ0n) is 17.5. The van der Waals surface area contributed by atoms with Crippen molar-refractivity contribution < 1.29 is 9.15 Å². The normalized spacial score (nSPS) is 26.7. The Morgan fingerprint density at radius 1 is 1.23 bits per heavy atom. The van der Waals surface area contributed by atoms with Crippen molar-refractivity contribution in [3.63, 3.8) is 0 Å². The summed E-state index contributed by atoms with van der Waals surface area (Å²) in [5, 5.41) is 7.18. The van der Waals surface area contributed by atoms with Crippen molar-refractivity contribution in [1.82, 2.24) is 15.6 Å². The van der Waals surface area contributed by atoms with E-state index >= 15 is 0 Å². The second-order valence-electron chi connectivity index (χ2n) is 8.51. The highest BCUT2D eigenvalue weighted by Gasteiger charge is 2.65. The number of guanidine groups is 1. The molecule has 1 saturated heterocycles. The summed E-state index contributed by atoms with van der Waals surface area (Å²) in [4.78, 5) is 9.41. The van der Waals surface area contributed by atoms with Gasteiger partial charge in [-0.1, -0.05) is 31.0 Å². The molecule has 2 saturated carbocycles. The molecule has 3 atom stereocenters. The fourth-order valence-electron chi connectivity index (χ4n) is 5.62. The number of nitrogens with one attached hydrogen (secondary N) is 2. The SMILES string of the molecule is CCNC(=NCc1coc(-c2ccccc2)n1)NC1C2CCOC2C12CCCC2.I. The molecule has 7 heteroatoms. The molecule has 2 N–H and O–H groups in total. The maximum atomic E-state index is 6.11. The number of benzene rings is 1. The lowest BCUT2D eigenvalue weighted by atomic mass is 9.54. The number of hydrogen-bond acceptors (Lipinski definition) is 4. The third-order valence-electron chi connectivity index (χ3n) is 6.89. The van der Waals surface area contributed by atoms with Crippen molar-refractivity contribution in [3.8, 4) is 11.5 Å². The Kier molecular flexibility index (Phi) is 6.67. The summed E-state index contributed by atoms with van der Waals surface area (Å²) < 4.78 is 11.8. The van der Waals surface area contributed by atoms with Gasteiger partial charge >= 0.3 is 0 Å². The number of aromatic nitrogens is 1. The van der Waals surface area contributed by atoms with E-state index in [1.165, 1.54) is 25.7 Å². The molecule has 6 nitrogen and oxygen atoms in total. The highest BCUT2D eigenvalue weighted by molar-refractivity contribution is 14.0. The molecule has 2 heterocycles. The van der Waals surface area contributed by atoms with E-state index in [2.05, 4.69) is 22.5 Å². The van der Waals surface area contributed by atoms with Crippen molar-refractivity contribution in [1.29, 1.82) is 0 Å². The zero-order valence-corrected chi connectivity index (χ0v) is 19.8. The van der Waals surface area contributed by atoms with Gasteiger partial charge in [0.05, 0.1) is 12.6 Å². The van der Waals surface area contributed by atoms with Crippen LogP contribution in [0.15, 0.2) is 46.0 Å². The largest absolute Gasteiger partial charge is 0.444 e. The highest BCUT2D eigenvalue weighted by Crippen LogP contribution is 2.60. The molecule has 1 aliphatic heterocycles. The molecule has 1 aromatic carbocycles. The molecule has 30 heavy (non-hydrogen) atoms. The summed E-state index contributed by atoms with van der Waals surface area (Å²) >= 11 is 0. The van der Waals surface area contributed by atoms with E-state index in [1.807, 2.05) is 30.3 Å². The van der Waals surface area contributed by atoms with Crippen molar-refractivity contribution in [2.45, 2.75) is 57.7 Å². The van der Waals surface area contributed by atoms with Crippen LogP contribution in [0.4, 0.5) is 0 Å². The minimum Gasteiger partial charge on any atom is -0.444 e. The molecule has 3 unspecified atom stereocenters. The summed E-state index contributed by atoms with van der Waals surface area (Å²) in [5.74, 6) is 2.13. The number of aliphatic imine (C=N–C) groups is 1. The van der Waals surface area contributed by atoms with Crippen molar-refractivity contribution in [2.75, 3.05) is 13.2 Å². The molecule has 162 valence electrons. The Morgan fingerprint density at radius 3 is 2.80 bits per heavy atom. The predicted octanol–water partition coefficient (Wildman–Crippen LogP) is 4.36. The number of fused-ring (bicyclic) bond motifs is 2. The van der Waals surface area contributed by atoms with E-state index in [1.54, 1.807) is 6.26 Å². The molecule has 2 aliphatic carbocycles. The first-order chi connectivity index (χ1) is 14.3. The Morgan fingerprint density at radius 2 is 2.03 bits per heavy atom. The fraction of sp³-hybridized carbons (Fsp3) is 0.565. The number of nitrogens with zero attached hydrogens (tertiary/aromatic N) is 2. The Hall–Kier alpha value is -1.61. The van der Waals surface area contributed by atoms with Gasteiger partial charge in [-0.15, -0.1) is 24.0 Å². The lowest BCUT2D eigenvalue weighted by Gasteiger charge is -2.57. The Balaban J connectivity index is 0.00000218. The number of halogens is 1. The van der Waals surface area contributed by atoms with Gasteiger partial charge in [0.1, 0.15) is 12.0 Å². The summed E-state index contributed by atoms with van der Waals surface area (Å²) in [7, 11) is 0. The van der Waals surface area contributed by atoms with Crippen LogP contribution in [0.25, 0.3) is 11.5 Å². The molecule has 1 spiro atoms. The van der Waals surface area contributed by atoms with E-state index in [0.717, 1.165) is 36.8 Å². The van der Waals surface area contributed by atoms with Gasteiger partial charge in [-0.3, -0.25) is 0 Å². The van der Waals surface area contributed by atoms with Gasteiger partial charge in [-0.25, -0.2) is 9.98 Å². The summed E-state index contributed by atoms with van der Waals surface area (Å²) in [5.41, 5.74) is 2.14. The van der Waals surface area contributed by atoms with E-state index < -0.39 is 0 Å². The van der Waals surface area contributed by atoms with Crippen LogP contribution >= 0.6 is 24.0 Å². The maximum absolute atomic E-state index is 6.11. The van der Waals surface area contributed by atoms with Gasteiger partial charge in [0.2, 0.25) is 5.89 Å². The van der Waals surface area contributed by atoms with Crippen LogP contribution in [-0.2, 0) is 11.3 Å². The number of ether oxygens (including phenoxy) is 1. The van der Waals surface area contributed by atoms with Crippen LogP contribution in [0, 0.1) is 11.3 Å². The minimum absolute atomic E-state index is 0. The monoisotopic (exact) mass is 522 g/mol. The van der Waals surface area contributed by atoms with Crippen LogP contribution in [0.2, 0.25) is 0 Å². The van der Waals surface area contributed by atoms with E-state index in [0.29, 0.717) is 35.9 Å². The van der Waals surface area contributed by atoms with Gasteiger partial charge in [-0.2, -0.15) is 0 Å². The predicted molar refractivity (Wildman–Crippen MR) is 128 cm³/mol. The third kappa shape index (κ3) is 3.86.